The summed E-state index contributed by atoms with van der Waals surface area (Å²) in [4.78, 5) is 31.3. The number of benzene rings is 2. The average Bonchev–Trinajstić information content (AvgIpc) is 3.32. The number of hydrogen-bond acceptors (Lipinski definition) is 10. The van der Waals surface area contributed by atoms with Crippen molar-refractivity contribution in [2.75, 3.05) is 50.0 Å². The topological polar surface area (TPSA) is 117 Å². The molecule has 2 aromatic heterocycles. The number of carbonyl (C=O) groups is 1. The number of anilines is 4. The molecule has 2 aromatic carbocycles. The molecule has 12 heteroatoms. The Morgan fingerprint density at radius 3 is 2.67 bits per heavy atom. The third-order valence-electron chi connectivity index (χ3n) is 6.48. The minimum atomic E-state index is -0.681. The SMILES string of the molecule is Cc1cc2c(F)c(Nc3ccnc(Nc4cccc(OCCN5CCN(OC(=O)OC(C)(C)C)CC5)c4)n3)ccc2[nH]1. The van der Waals surface area contributed by atoms with Gasteiger partial charge in [0.15, 0.2) is 5.82 Å². The Labute approximate surface area is 243 Å². The molecule has 0 saturated carbocycles. The largest absolute Gasteiger partial charge is 0.528 e. The lowest BCUT2D eigenvalue weighted by atomic mass is 10.2. The summed E-state index contributed by atoms with van der Waals surface area (Å²) < 4.78 is 26.2. The second-order valence-corrected chi connectivity index (χ2v) is 11.1. The van der Waals surface area contributed by atoms with Gasteiger partial charge in [0.2, 0.25) is 5.95 Å². The number of H-pyrrole nitrogens is 1. The highest BCUT2D eigenvalue weighted by Gasteiger charge is 2.24. The van der Waals surface area contributed by atoms with Crippen LogP contribution < -0.4 is 15.4 Å². The molecule has 1 aliphatic heterocycles. The summed E-state index contributed by atoms with van der Waals surface area (Å²) in [6.45, 7) is 11.2. The van der Waals surface area contributed by atoms with Crippen LogP contribution in [0.4, 0.5) is 32.3 Å². The Balaban J connectivity index is 1.09. The van der Waals surface area contributed by atoms with Crippen molar-refractivity contribution in [3.05, 3.63) is 66.2 Å². The molecule has 0 radical (unpaired) electrons. The number of nitrogens with one attached hydrogen (secondary N) is 3. The van der Waals surface area contributed by atoms with Gasteiger partial charge in [-0.25, -0.2) is 14.2 Å². The zero-order chi connectivity index (χ0) is 29.7. The van der Waals surface area contributed by atoms with Crippen LogP contribution in [0.2, 0.25) is 0 Å². The van der Waals surface area contributed by atoms with Crippen molar-refractivity contribution in [1.29, 1.82) is 0 Å². The molecule has 4 aromatic rings. The number of carbonyl (C=O) groups excluding carboxylic acids is 1. The molecule has 1 saturated heterocycles. The van der Waals surface area contributed by atoms with E-state index in [9.17, 15) is 4.79 Å². The van der Waals surface area contributed by atoms with E-state index in [-0.39, 0.29) is 5.82 Å². The second-order valence-electron chi connectivity index (χ2n) is 11.1. The molecule has 222 valence electrons. The predicted octanol–water partition coefficient (Wildman–Crippen LogP) is 5.76. The van der Waals surface area contributed by atoms with Gasteiger partial charge in [-0.05, 0) is 64.1 Å². The Morgan fingerprint density at radius 1 is 1.07 bits per heavy atom. The minimum absolute atomic E-state index is 0.332. The lowest BCUT2D eigenvalue weighted by molar-refractivity contribution is -0.158. The number of piperazine rings is 1. The van der Waals surface area contributed by atoms with E-state index in [1.54, 1.807) is 50.2 Å². The summed E-state index contributed by atoms with van der Waals surface area (Å²) in [6.07, 6.45) is 0.923. The molecule has 3 N–H and O–H groups in total. The lowest BCUT2D eigenvalue weighted by Gasteiger charge is -2.33. The standard InChI is InChI=1S/C30H36FN7O4/c1-20-18-23-24(33-20)8-9-25(27(23)31)35-26-10-11-32-28(36-26)34-21-6-5-7-22(19-21)40-17-16-37-12-14-38(15-13-37)42-29(39)41-30(2,3)4/h5-11,18-19,33H,12-17H2,1-4H3,(H2,32,34,35,36). The quantitative estimate of drug-likeness (QED) is 0.212. The van der Waals surface area contributed by atoms with Crippen LogP contribution in [-0.4, -0.2) is 76.0 Å². The number of fused-ring (bicyclic) bond motifs is 1. The van der Waals surface area contributed by atoms with E-state index in [1.807, 2.05) is 37.3 Å². The highest BCUT2D eigenvalue weighted by molar-refractivity contribution is 5.85. The molecule has 0 amide bonds. The van der Waals surface area contributed by atoms with Gasteiger partial charge in [-0.15, -0.1) is 5.06 Å². The van der Waals surface area contributed by atoms with Crippen LogP contribution in [0.5, 0.6) is 5.75 Å². The van der Waals surface area contributed by atoms with Gasteiger partial charge in [0.25, 0.3) is 0 Å². The number of ether oxygens (including phenoxy) is 2. The number of halogens is 1. The number of rotatable bonds is 9. The van der Waals surface area contributed by atoms with Crippen molar-refractivity contribution < 1.29 is 23.5 Å². The molecule has 1 fully saturated rings. The molecule has 42 heavy (non-hydrogen) atoms. The summed E-state index contributed by atoms with van der Waals surface area (Å²) in [7, 11) is 0. The van der Waals surface area contributed by atoms with Crippen LogP contribution in [0.1, 0.15) is 26.5 Å². The van der Waals surface area contributed by atoms with Gasteiger partial charge in [-0.3, -0.25) is 4.90 Å². The Bertz CT molecular complexity index is 1530. The molecule has 0 unspecified atom stereocenters. The highest BCUT2D eigenvalue weighted by Crippen LogP contribution is 2.28. The van der Waals surface area contributed by atoms with Gasteiger partial charge in [0.05, 0.1) is 5.69 Å². The number of hydrogen-bond donors (Lipinski definition) is 3. The highest BCUT2D eigenvalue weighted by atomic mass is 19.1. The molecule has 0 aliphatic carbocycles. The molecule has 5 rings (SSSR count). The number of aromatic amines is 1. The normalized spacial score (nSPS) is 14.5. The molecular weight excluding hydrogens is 541 g/mol. The van der Waals surface area contributed by atoms with Crippen LogP contribution in [0.3, 0.4) is 0 Å². The number of aromatic nitrogens is 3. The summed E-state index contributed by atoms with van der Waals surface area (Å²) in [5.74, 6) is 1.19. The van der Waals surface area contributed by atoms with E-state index >= 15 is 4.39 Å². The second kappa shape index (κ2) is 12.6. The van der Waals surface area contributed by atoms with Crippen LogP contribution >= 0.6 is 0 Å². The van der Waals surface area contributed by atoms with Gasteiger partial charge in [0.1, 0.15) is 23.8 Å². The van der Waals surface area contributed by atoms with Crippen molar-refractivity contribution in [3.63, 3.8) is 0 Å². The first-order valence-electron chi connectivity index (χ1n) is 13.9. The first kappa shape index (κ1) is 29.1. The molecule has 0 atom stereocenters. The van der Waals surface area contributed by atoms with Crippen molar-refractivity contribution in [1.82, 2.24) is 24.9 Å². The predicted molar refractivity (Wildman–Crippen MR) is 159 cm³/mol. The van der Waals surface area contributed by atoms with Crippen LogP contribution in [0, 0.1) is 12.7 Å². The van der Waals surface area contributed by atoms with E-state index in [0.29, 0.717) is 48.3 Å². The van der Waals surface area contributed by atoms with E-state index < -0.39 is 11.8 Å². The molecule has 0 spiro atoms. The molecule has 3 heterocycles. The summed E-state index contributed by atoms with van der Waals surface area (Å²) >= 11 is 0. The monoisotopic (exact) mass is 577 g/mol. The molecule has 11 nitrogen and oxygen atoms in total. The van der Waals surface area contributed by atoms with Gasteiger partial charge < -0.3 is 29.9 Å². The Hall–Kier alpha value is -4.42. The maximum Gasteiger partial charge on any atom is 0.528 e. The van der Waals surface area contributed by atoms with Crippen molar-refractivity contribution in [2.45, 2.75) is 33.3 Å². The van der Waals surface area contributed by atoms with Crippen molar-refractivity contribution in [3.8, 4) is 5.75 Å². The van der Waals surface area contributed by atoms with Crippen molar-refractivity contribution in [2.24, 2.45) is 0 Å². The smallest absolute Gasteiger partial charge is 0.492 e. The fraction of sp³-hybridized carbons (Fsp3) is 0.367. The van der Waals surface area contributed by atoms with E-state index in [2.05, 4.69) is 30.5 Å². The van der Waals surface area contributed by atoms with E-state index in [0.717, 1.165) is 36.5 Å². The van der Waals surface area contributed by atoms with Crippen molar-refractivity contribution >= 4 is 40.2 Å². The van der Waals surface area contributed by atoms with E-state index in [4.69, 9.17) is 14.3 Å². The van der Waals surface area contributed by atoms with Gasteiger partial charge in [0, 0.05) is 67.3 Å². The number of nitrogens with zero attached hydrogens (tertiary/aromatic N) is 4. The lowest BCUT2D eigenvalue weighted by Crippen LogP contribution is -2.48. The third-order valence-corrected chi connectivity index (χ3v) is 6.48. The molecule has 0 bridgehead atoms. The zero-order valence-corrected chi connectivity index (χ0v) is 24.2. The fourth-order valence-electron chi connectivity index (χ4n) is 4.53. The number of hydroxylamine groups is 2. The maximum atomic E-state index is 15.0. The first-order chi connectivity index (χ1) is 20.1. The van der Waals surface area contributed by atoms with Gasteiger partial charge >= 0.3 is 6.16 Å². The maximum absolute atomic E-state index is 15.0. The van der Waals surface area contributed by atoms with Gasteiger partial charge in [-0.1, -0.05) is 6.07 Å². The van der Waals surface area contributed by atoms with Crippen LogP contribution in [0.15, 0.2) is 54.7 Å². The number of aryl methyl sites for hydroxylation is 1. The van der Waals surface area contributed by atoms with Crippen LogP contribution in [-0.2, 0) is 9.57 Å². The minimum Gasteiger partial charge on any atom is -0.492 e. The molecule has 1 aliphatic rings. The third kappa shape index (κ3) is 7.86. The average molecular weight is 578 g/mol. The summed E-state index contributed by atoms with van der Waals surface area (Å²) in [6, 6.07) is 14.5. The Morgan fingerprint density at radius 2 is 1.88 bits per heavy atom. The summed E-state index contributed by atoms with van der Waals surface area (Å²) in [5.41, 5.74) is 2.14. The first-order valence-corrected chi connectivity index (χ1v) is 13.9. The zero-order valence-electron chi connectivity index (χ0n) is 24.2. The summed E-state index contributed by atoms with van der Waals surface area (Å²) in [5, 5.41) is 8.39. The molecular formula is C30H36FN7O4. The van der Waals surface area contributed by atoms with E-state index in [1.165, 1.54) is 0 Å². The fourth-order valence-corrected chi connectivity index (χ4v) is 4.53. The van der Waals surface area contributed by atoms with Crippen LogP contribution in [0.25, 0.3) is 10.9 Å². The van der Waals surface area contributed by atoms with Gasteiger partial charge in [-0.2, -0.15) is 4.98 Å². The Kier molecular flexibility index (Phi) is 8.74.